The number of carbonyl (C=O) groups is 1. The molecule has 0 aliphatic heterocycles. The van der Waals surface area contributed by atoms with E-state index in [0.717, 1.165) is 36.4 Å². The Kier molecular flexibility index (Phi) is 5.33. The van der Waals surface area contributed by atoms with E-state index in [2.05, 4.69) is 35.1 Å². The van der Waals surface area contributed by atoms with E-state index >= 15 is 0 Å². The summed E-state index contributed by atoms with van der Waals surface area (Å²) in [7, 11) is 0. The molecule has 2 rings (SSSR count). The molecule has 0 heterocycles. The molecule has 2 nitrogen and oxygen atoms in total. The zero-order chi connectivity index (χ0) is 13.9. The van der Waals surface area contributed by atoms with E-state index in [0.29, 0.717) is 5.91 Å². The number of hydrogen-bond acceptors (Lipinski definition) is 1. The summed E-state index contributed by atoms with van der Waals surface area (Å²) in [5.74, 6) is 2.33. The van der Waals surface area contributed by atoms with Gasteiger partial charge >= 0.3 is 0 Å². The van der Waals surface area contributed by atoms with Crippen LogP contribution in [0.2, 0.25) is 0 Å². The van der Waals surface area contributed by atoms with Gasteiger partial charge in [-0.2, -0.15) is 0 Å². The van der Waals surface area contributed by atoms with Gasteiger partial charge in [-0.25, -0.2) is 0 Å². The number of hydrogen-bond donors (Lipinski definition) is 1. The Balaban J connectivity index is 1.86. The van der Waals surface area contributed by atoms with Crippen molar-refractivity contribution in [3.8, 4) is 0 Å². The third kappa shape index (κ3) is 4.21. The fraction of sp³-hybridized carbons (Fsp3) is 0.938. The lowest BCUT2D eigenvalue weighted by atomic mass is 9.67. The molecule has 0 aromatic carbocycles. The zero-order valence-electron chi connectivity index (χ0n) is 12.4. The standard InChI is InChI=1S/C16H28BrNO/c1-16(2,9-10-17)18-15(19)14-8-7-12-5-3-4-6-13(12)11-14/h12-14H,3-11H2,1-2H3,(H,18,19). The lowest BCUT2D eigenvalue weighted by molar-refractivity contribution is -0.128. The third-order valence-electron chi connectivity index (χ3n) is 5.09. The average Bonchev–Trinajstić information content (AvgIpc) is 2.37. The van der Waals surface area contributed by atoms with Crippen LogP contribution in [0.15, 0.2) is 0 Å². The molecule has 3 heteroatoms. The van der Waals surface area contributed by atoms with E-state index in [1.807, 2.05) is 0 Å². The minimum atomic E-state index is -0.0794. The van der Waals surface area contributed by atoms with Crippen molar-refractivity contribution in [1.29, 1.82) is 0 Å². The van der Waals surface area contributed by atoms with Gasteiger partial charge in [0.1, 0.15) is 0 Å². The first kappa shape index (κ1) is 15.3. The van der Waals surface area contributed by atoms with Crippen molar-refractivity contribution in [1.82, 2.24) is 5.32 Å². The molecule has 3 atom stereocenters. The molecule has 2 saturated carbocycles. The van der Waals surface area contributed by atoms with Crippen molar-refractivity contribution >= 4 is 21.8 Å². The second-order valence-corrected chi connectivity index (χ2v) is 7.92. The third-order valence-corrected chi connectivity index (χ3v) is 5.49. The molecular formula is C16H28BrNO. The van der Waals surface area contributed by atoms with Gasteiger partial charge in [0.15, 0.2) is 0 Å². The van der Waals surface area contributed by atoms with Crippen molar-refractivity contribution in [2.75, 3.05) is 5.33 Å². The molecule has 2 aliphatic carbocycles. The first-order valence-corrected chi connectivity index (χ1v) is 9.02. The van der Waals surface area contributed by atoms with Gasteiger partial charge in [-0.05, 0) is 51.4 Å². The summed E-state index contributed by atoms with van der Waals surface area (Å²) in [6.45, 7) is 4.25. The van der Waals surface area contributed by atoms with Crippen LogP contribution in [-0.4, -0.2) is 16.8 Å². The van der Waals surface area contributed by atoms with Gasteiger partial charge in [0.25, 0.3) is 0 Å². The second-order valence-electron chi connectivity index (χ2n) is 7.13. The smallest absolute Gasteiger partial charge is 0.223 e. The van der Waals surface area contributed by atoms with Crippen molar-refractivity contribution < 1.29 is 4.79 Å². The van der Waals surface area contributed by atoms with E-state index in [-0.39, 0.29) is 11.5 Å². The molecule has 1 N–H and O–H groups in total. The summed E-state index contributed by atoms with van der Waals surface area (Å²) >= 11 is 3.47. The van der Waals surface area contributed by atoms with Crippen LogP contribution in [0.5, 0.6) is 0 Å². The van der Waals surface area contributed by atoms with Crippen molar-refractivity contribution in [3.63, 3.8) is 0 Å². The van der Waals surface area contributed by atoms with E-state index in [1.165, 1.54) is 32.1 Å². The highest BCUT2D eigenvalue weighted by Crippen LogP contribution is 2.42. The van der Waals surface area contributed by atoms with E-state index in [1.54, 1.807) is 0 Å². The Morgan fingerprint density at radius 3 is 2.53 bits per heavy atom. The number of carbonyl (C=O) groups excluding carboxylic acids is 1. The molecule has 1 amide bonds. The minimum Gasteiger partial charge on any atom is -0.351 e. The summed E-state index contributed by atoms with van der Waals surface area (Å²) in [6.07, 6.45) is 10.1. The second kappa shape index (κ2) is 6.60. The SMILES string of the molecule is CC(C)(CCBr)NC(=O)C1CCC2CCCCC2C1. The van der Waals surface area contributed by atoms with Crippen LogP contribution >= 0.6 is 15.9 Å². The maximum absolute atomic E-state index is 12.4. The van der Waals surface area contributed by atoms with Crippen molar-refractivity contribution in [2.45, 2.75) is 70.8 Å². The minimum absolute atomic E-state index is 0.0794. The number of amides is 1. The Bertz CT molecular complexity index is 316. The highest BCUT2D eigenvalue weighted by molar-refractivity contribution is 9.09. The van der Waals surface area contributed by atoms with Gasteiger partial charge in [-0.1, -0.05) is 41.6 Å². The normalized spacial score (nSPS) is 31.6. The summed E-state index contributed by atoms with van der Waals surface area (Å²) in [5, 5.41) is 4.19. The predicted octanol–water partition coefficient (Wildman–Crippen LogP) is 4.27. The number of fused-ring (bicyclic) bond motifs is 1. The topological polar surface area (TPSA) is 29.1 Å². The summed E-state index contributed by atoms with van der Waals surface area (Å²) in [5.41, 5.74) is -0.0794. The van der Waals surface area contributed by atoms with Gasteiger partial charge in [0.05, 0.1) is 0 Å². The monoisotopic (exact) mass is 329 g/mol. The molecule has 19 heavy (non-hydrogen) atoms. The molecule has 2 fully saturated rings. The Morgan fingerprint density at radius 1 is 1.16 bits per heavy atom. The Morgan fingerprint density at radius 2 is 1.84 bits per heavy atom. The van der Waals surface area contributed by atoms with E-state index in [9.17, 15) is 4.79 Å². The van der Waals surface area contributed by atoms with E-state index < -0.39 is 0 Å². The number of rotatable bonds is 4. The van der Waals surface area contributed by atoms with Crippen LogP contribution in [-0.2, 0) is 4.79 Å². The molecule has 110 valence electrons. The number of alkyl halides is 1. The molecule has 0 aromatic heterocycles. The van der Waals surface area contributed by atoms with Crippen molar-refractivity contribution in [2.24, 2.45) is 17.8 Å². The van der Waals surface area contributed by atoms with Gasteiger partial charge in [0, 0.05) is 16.8 Å². The molecule has 0 radical (unpaired) electrons. The van der Waals surface area contributed by atoms with E-state index in [4.69, 9.17) is 0 Å². The maximum Gasteiger partial charge on any atom is 0.223 e. The maximum atomic E-state index is 12.4. The summed E-state index contributed by atoms with van der Waals surface area (Å²) in [6, 6.07) is 0. The quantitative estimate of drug-likeness (QED) is 0.766. The molecular weight excluding hydrogens is 302 g/mol. The van der Waals surface area contributed by atoms with Crippen LogP contribution in [0.1, 0.15) is 65.2 Å². The highest BCUT2D eigenvalue weighted by Gasteiger charge is 2.36. The summed E-state index contributed by atoms with van der Waals surface area (Å²) in [4.78, 5) is 12.4. The van der Waals surface area contributed by atoms with Gasteiger partial charge in [-0.15, -0.1) is 0 Å². The molecule has 0 aromatic rings. The Hall–Kier alpha value is -0.0500. The fourth-order valence-corrected chi connectivity index (χ4v) is 4.84. The zero-order valence-corrected chi connectivity index (χ0v) is 14.0. The lowest BCUT2D eigenvalue weighted by Gasteiger charge is -2.39. The van der Waals surface area contributed by atoms with Crippen LogP contribution in [0.3, 0.4) is 0 Å². The molecule has 2 aliphatic rings. The lowest BCUT2D eigenvalue weighted by Crippen LogP contribution is -2.47. The van der Waals surface area contributed by atoms with Crippen LogP contribution in [0.4, 0.5) is 0 Å². The first-order valence-electron chi connectivity index (χ1n) is 7.90. The van der Waals surface area contributed by atoms with Crippen molar-refractivity contribution in [3.05, 3.63) is 0 Å². The summed E-state index contributed by atoms with van der Waals surface area (Å²) < 4.78 is 0. The van der Waals surface area contributed by atoms with Crippen LogP contribution in [0.25, 0.3) is 0 Å². The largest absolute Gasteiger partial charge is 0.351 e. The van der Waals surface area contributed by atoms with Crippen LogP contribution in [0, 0.1) is 17.8 Å². The van der Waals surface area contributed by atoms with Gasteiger partial charge in [-0.3, -0.25) is 4.79 Å². The highest BCUT2D eigenvalue weighted by atomic mass is 79.9. The number of halogens is 1. The molecule has 0 spiro atoms. The Labute approximate surface area is 126 Å². The molecule has 0 bridgehead atoms. The number of nitrogens with one attached hydrogen (secondary N) is 1. The predicted molar refractivity (Wildman–Crippen MR) is 83.4 cm³/mol. The van der Waals surface area contributed by atoms with Gasteiger partial charge < -0.3 is 5.32 Å². The van der Waals surface area contributed by atoms with Crippen LogP contribution < -0.4 is 5.32 Å². The molecule has 0 saturated heterocycles. The first-order chi connectivity index (χ1) is 9.02. The van der Waals surface area contributed by atoms with Gasteiger partial charge in [0.2, 0.25) is 5.91 Å². The fourth-order valence-electron chi connectivity index (χ4n) is 3.85. The molecule has 3 unspecified atom stereocenters. The average molecular weight is 330 g/mol.